The lowest BCUT2D eigenvalue weighted by atomic mass is 10.1. The zero-order valence-electron chi connectivity index (χ0n) is 18.5. The monoisotopic (exact) mass is 494 g/mol. The maximum absolute atomic E-state index is 12.9. The zero-order chi connectivity index (χ0) is 24.3. The quantitative estimate of drug-likeness (QED) is 0.374. The topological polar surface area (TPSA) is 92.8 Å². The smallest absolute Gasteiger partial charge is 0.341 e. The van der Waals surface area contributed by atoms with Crippen LogP contribution in [0.1, 0.15) is 26.3 Å². The Kier molecular flexibility index (Phi) is 6.78. The molecule has 34 heavy (non-hydrogen) atoms. The number of nitrogens with one attached hydrogen (secondary N) is 1. The number of ether oxygens (including phenoxy) is 1. The number of benzene rings is 3. The van der Waals surface area contributed by atoms with Crippen LogP contribution < -0.4 is 5.32 Å². The minimum absolute atomic E-state index is 0.0830. The van der Waals surface area contributed by atoms with Gasteiger partial charge in [0.15, 0.2) is 0 Å². The van der Waals surface area contributed by atoms with Gasteiger partial charge in [0.1, 0.15) is 10.6 Å². The van der Waals surface area contributed by atoms with Crippen LogP contribution in [0.2, 0.25) is 0 Å². The summed E-state index contributed by atoms with van der Waals surface area (Å²) in [6.07, 6.45) is 0. The molecule has 0 aliphatic heterocycles. The number of carbonyl (C=O) groups excluding carboxylic acids is 2. The molecule has 9 heteroatoms. The molecule has 0 aliphatic rings. The molecular formula is C25H22N2O5S2. The molecule has 0 saturated heterocycles. The first kappa shape index (κ1) is 23.6. The summed E-state index contributed by atoms with van der Waals surface area (Å²) in [6, 6.07) is 22.3. The number of methoxy groups -OCH3 is 1. The fourth-order valence-corrected chi connectivity index (χ4v) is 5.74. The average molecular weight is 495 g/mol. The van der Waals surface area contributed by atoms with Gasteiger partial charge in [-0.3, -0.25) is 4.79 Å². The summed E-state index contributed by atoms with van der Waals surface area (Å²) in [5.41, 5.74) is 1.42. The van der Waals surface area contributed by atoms with Gasteiger partial charge in [-0.2, -0.15) is 4.31 Å². The second-order valence-electron chi connectivity index (χ2n) is 7.52. The number of hydrogen-bond donors (Lipinski definition) is 1. The predicted molar refractivity (Wildman–Crippen MR) is 133 cm³/mol. The van der Waals surface area contributed by atoms with Crippen molar-refractivity contribution >= 4 is 48.3 Å². The van der Waals surface area contributed by atoms with Crippen LogP contribution >= 0.6 is 11.3 Å². The fraction of sp³-hybridized carbons (Fsp3) is 0.120. The highest BCUT2D eigenvalue weighted by Crippen LogP contribution is 2.36. The number of anilines is 1. The molecule has 1 aromatic heterocycles. The Morgan fingerprint density at radius 2 is 1.59 bits per heavy atom. The number of sulfonamides is 1. The van der Waals surface area contributed by atoms with Crippen LogP contribution in [0.5, 0.6) is 0 Å². The second-order valence-corrected chi connectivity index (χ2v) is 10.6. The van der Waals surface area contributed by atoms with Crippen molar-refractivity contribution in [3.05, 3.63) is 95.6 Å². The van der Waals surface area contributed by atoms with Gasteiger partial charge >= 0.3 is 5.97 Å². The van der Waals surface area contributed by atoms with E-state index in [4.69, 9.17) is 4.74 Å². The summed E-state index contributed by atoms with van der Waals surface area (Å²) >= 11 is 1.27. The van der Waals surface area contributed by atoms with E-state index in [1.165, 1.54) is 54.1 Å². The summed E-state index contributed by atoms with van der Waals surface area (Å²) in [5, 5.41) is 3.83. The van der Waals surface area contributed by atoms with E-state index in [0.717, 1.165) is 10.3 Å². The van der Waals surface area contributed by atoms with Gasteiger partial charge in [-0.05, 0) is 35.9 Å². The lowest BCUT2D eigenvalue weighted by Gasteiger charge is -2.17. The van der Waals surface area contributed by atoms with Crippen LogP contribution in [0.4, 0.5) is 5.00 Å². The number of hydrogen-bond acceptors (Lipinski definition) is 6. The molecular weight excluding hydrogens is 472 g/mol. The summed E-state index contributed by atoms with van der Waals surface area (Å²) < 4.78 is 32.9. The maximum Gasteiger partial charge on any atom is 0.341 e. The summed E-state index contributed by atoms with van der Waals surface area (Å²) in [4.78, 5) is 25.3. The van der Waals surface area contributed by atoms with Crippen molar-refractivity contribution in [2.45, 2.75) is 11.4 Å². The molecule has 0 saturated carbocycles. The lowest BCUT2D eigenvalue weighted by molar-refractivity contribution is 0.0604. The van der Waals surface area contributed by atoms with Crippen LogP contribution in [0.15, 0.2) is 83.8 Å². The average Bonchev–Trinajstić information content (AvgIpc) is 3.22. The number of rotatable bonds is 7. The zero-order valence-corrected chi connectivity index (χ0v) is 20.2. The Morgan fingerprint density at radius 1 is 0.941 bits per heavy atom. The highest BCUT2D eigenvalue weighted by molar-refractivity contribution is 7.89. The minimum atomic E-state index is -3.73. The van der Waals surface area contributed by atoms with Gasteiger partial charge in [0, 0.05) is 29.2 Å². The van der Waals surface area contributed by atoms with E-state index in [1.807, 2.05) is 42.5 Å². The van der Waals surface area contributed by atoms with E-state index in [-0.39, 0.29) is 22.6 Å². The third-order valence-electron chi connectivity index (χ3n) is 5.28. The van der Waals surface area contributed by atoms with Crippen LogP contribution in [-0.2, 0) is 21.3 Å². The molecule has 7 nitrogen and oxygen atoms in total. The summed E-state index contributed by atoms with van der Waals surface area (Å²) in [5.74, 6) is -1.01. The Morgan fingerprint density at radius 3 is 2.26 bits per heavy atom. The van der Waals surface area contributed by atoms with E-state index >= 15 is 0 Å². The molecule has 0 atom stereocenters. The predicted octanol–water partition coefficient (Wildman–Crippen LogP) is 4.76. The number of fused-ring (bicyclic) bond motifs is 1. The van der Waals surface area contributed by atoms with E-state index in [9.17, 15) is 18.0 Å². The van der Waals surface area contributed by atoms with Crippen molar-refractivity contribution in [2.24, 2.45) is 0 Å². The second kappa shape index (κ2) is 9.76. The molecule has 0 aliphatic carbocycles. The fourth-order valence-electron chi connectivity index (χ4n) is 3.50. The van der Waals surface area contributed by atoms with Gasteiger partial charge in [-0.25, -0.2) is 13.2 Å². The number of thiophene rings is 1. The normalized spacial score (nSPS) is 11.5. The van der Waals surface area contributed by atoms with Crippen LogP contribution in [0, 0.1) is 0 Å². The molecule has 0 radical (unpaired) electrons. The molecule has 1 heterocycles. The van der Waals surface area contributed by atoms with Crippen LogP contribution in [0.25, 0.3) is 10.1 Å². The van der Waals surface area contributed by atoms with Crippen molar-refractivity contribution in [2.75, 3.05) is 19.5 Å². The summed E-state index contributed by atoms with van der Waals surface area (Å²) in [7, 11) is -0.936. The van der Waals surface area contributed by atoms with E-state index in [2.05, 4.69) is 5.32 Å². The number of nitrogens with zero attached hydrogens (tertiary/aromatic N) is 1. The molecule has 0 unspecified atom stereocenters. The van der Waals surface area contributed by atoms with Gasteiger partial charge in [-0.1, -0.05) is 48.5 Å². The Labute approximate surface area is 201 Å². The Bertz CT molecular complexity index is 1450. The maximum atomic E-state index is 12.9. The van der Waals surface area contributed by atoms with Gasteiger partial charge in [0.05, 0.1) is 12.0 Å². The highest BCUT2D eigenvalue weighted by Gasteiger charge is 2.23. The first-order valence-electron chi connectivity index (χ1n) is 10.3. The molecule has 1 amide bonds. The third-order valence-corrected chi connectivity index (χ3v) is 8.19. The van der Waals surface area contributed by atoms with Crippen molar-refractivity contribution in [1.29, 1.82) is 0 Å². The molecule has 4 rings (SSSR count). The van der Waals surface area contributed by atoms with Gasteiger partial charge in [0.2, 0.25) is 10.0 Å². The van der Waals surface area contributed by atoms with Crippen molar-refractivity contribution < 1.29 is 22.7 Å². The minimum Gasteiger partial charge on any atom is -0.465 e. The first-order chi connectivity index (χ1) is 16.3. The molecule has 0 fully saturated rings. The largest absolute Gasteiger partial charge is 0.465 e. The van der Waals surface area contributed by atoms with Crippen LogP contribution in [-0.4, -0.2) is 38.8 Å². The molecule has 1 N–H and O–H groups in total. The van der Waals surface area contributed by atoms with E-state index in [1.54, 1.807) is 12.1 Å². The Balaban J connectivity index is 1.54. The number of amides is 1. The van der Waals surface area contributed by atoms with Gasteiger partial charge < -0.3 is 10.1 Å². The SMILES string of the molecule is COC(=O)c1c(NC(=O)c2ccc(S(=O)(=O)N(C)Cc3ccccc3)cc2)sc2ccccc12. The highest BCUT2D eigenvalue weighted by atomic mass is 32.2. The summed E-state index contributed by atoms with van der Waals surface area (Å²) in [6.45, 7) is 0.230. The first-order valence-corrected chi connectivity index (χ1v) is 12.6. The molecule has 3 aromatic carbocycles. The van der Waals surface area contributed by atoms with E-state index in [0.29, 0.717) is 10.4 Å². The lowest BCUT2D eigenvalue weighted by Crippen LogP contribution is -2.26. The van der Waals surface area contributed by atoms with Crippen molar-refractivity contribution in [1.82, 2.24) is 4.31 Å². The molecule has 4 aromatic rings. The number of carbonyl (C=O) groups is 2. The van der Waals surface area contributed by atoms with Crippen LogP contribution in [0.3, 0.4) is 0 Å². The van der Waals surface area contributed by atoms with Gasteiger partial charge in [-0.15, -0.1) is 11.3 Å². The molecule has 0 bridgehead atoms. The van der Waals surface area contributed by atoms with E-state index < -0.39 is 21.9 Å². The van der Waals surface area contributed by atoms with Gasteiger partial charge in [0.25, 0.3) is 5.91 Å². The molecule has 0 spiro atoms. The van der Waals surface area contributed by atoms with Crippen molar-refractivity contribution in [3.8, 4) is 0 Å². The Hall–Kier alpha value is -3.53. The standard InChI is InChI=1S/C25H22N2O5S2/c1-27(16-17-8-4-3-5-9-17)34(30,31)19-14-12-18(13-15-19)23(28)26-24-22(25(29)32-2)20-10-6-7-11-21(20)33-24/h3-15H,16H2,1-2H3,(H,26,28). The van der Waals surface area contributed by atoms with Crippen molar-refractivity contribution in [3.63, 3.8) is 0 Å². The molecule has 174 valence electrons. The third kappa shape index (κ3) is 4.72. The number of esters is 1.